The molecule has 4 aromatic heterocycles. The van der Waals surface area contributed by atoms with Gasteiger partial charge < -0.3 is 0 Å². The molecule has 0 aliphatic rings. The molecule has 12 aromatic rings. The van der Waals surface area contributed by atoms with Gasteiger partial charge in [-0.15, -0.1) is 0 Å². The second-order valence-corrected chi connectivity index (χ2v) is 14.9. The summed E-state index contributed by atoms with van der Waals surface area (Å²) in [5.74, 6) is 1.51. The molecule has 0 saturated carbocycles. The van der Waals surface area contributed by atoms with Crippen LogP contribution >= 0.6 is 0 Å². The maximum Gasteiger partial charge on any atom is 0.235 e. The highest BCUT2D eigenvalue weighted by molar-refractivity contribution is 6.10. The number of nitrogens with zero attached hydrogens (tertiary/aromatic N) is 6. The van der Waals surface area contributed by atoms with Crippen LogP contribution in [0, 0.1) is 0 Å². The minimum absolute atomic E-state index is 0.648. The molecule has 4 heterocycles. The Morgan fingerprint density at radius 3 is 1.61 bits per heavy atom. The summed E-state index contributed by atoms with van der Waals surface area (Å²) in [6.07, 6.45) is 0. The predicted molar refractivity (Wildman–Crippen MR) is 241 cm³/mol. The molecule has 0 bridgehead atoms. The zero-order chi connectivity index (χ0) is 38.9. The van der Waals surface area contributed by atoms with E-state index < -0.39 is 0 Å². The standard InChI is InChI=1S/C53H34N6/c1-5-17-35(18-6-1)49-42-26-13-15-27-44(42)54-52(55-49)58-45-28-16-14-25-41(45)43-33-38(29-31-46(43)58)39-30-32-47-48(34-39)59-51(37-21-9-3-10-22-37)50(36-19-7-2-8-20-36)56-53(59)57(47)40-23-11-4-12-24-40/h1-34H. The molecule has 12 rings (SSSR count). The van der Waals surface area contributed by atoms with Gasteiger partial charge in [0.25, 0.3) is 0 Å². The van der Waals surface area contributed by atoms with Gasteiger partial charge in [0.15, 0.2) is 0 Å². The third-order valence-corrected chi connectivity index (χ3v) is 11.5. The van der Waals surface area contributed by atoms with E-state index >= 15 is 0 Å². The van der Waals surface area contributed by atoms with Crippen molar-refractivity contribution in [3.63, 3.8) is 0 Å². The van der Waals surface area contributed by atoms with E-state index in [0.717, 1.165) is 100 Å². The number of imidazole rings is 2. The molecule has 0 amide bonds. The Kier molecular flexibility index (Phi) is 7.43. The quantitative estimate of drug-likeness (QED) is 0.170. The molecule has 0 atom stereocenters. The van der Waals surface area contributed by atoms with Crippen LogP contribution in [0.4, 0.5) is 0 Å². The SMILES string of the molecule is c1ccc(-c2nc3n(-c4ccccc4)c4ccc(-c5ccc6c(c5)c5ccccc5n6-c5nc(-c6ccccc6)c6ccccc6n5)cc4n3c2-c2ccccc2)cc1. The van der Waals surface area contributed by atoms with E-state index in [-0.39, 0.29) is 0 Å². The zero-order valence-corrected chi connectivity index (χ0v) is 31.8. The number of aromatic nitrogens is 6. The van der Waals surface area contributed by atoms with Crippen LogP contribution in [0.5, 0.6) is 0 Å². The van der Waals surface area contributed by atoms with Crippen LogP contribution in [-0.4, -0.2) is 28.5 Å². The van der Waals surface area contributed by atoms with Crippen LogP contribution < -0.4 is 0 Å². The Balaban J connectivity index is 1.09. The van der Waals surface area contributed by atoms with E-state index in [2.05, 4.69) is 208 Å². The summed E-state index contributed by atoms with van der Waals surface area (Å²) in [5, 5.41) is 3.32. The van der Waals surface area contributed by atoms with Crippen molar-refractivity contribution in [3.8, 4) is 56.5 Å². The van der Waals surface area contributed by atoms with Crippen molar-refractivity contribution >= 4 is 49.5 Å². The van der Waals surface area contributed by atoms with Gasteiger partial charge in [-0.3, -0.25) is 13.5 Å². The molecule has 0 spiro atoms. The van der Waals surface area contributed by atoms with Gasteiger partial charge >= 0.3 is 0 Å². The fourth-order valence-electron chi connectivity index (χ4n) is 8.81. The van der Waals surface area contributed by atoms with Crippen molar-refractivity contribution in [1.29, 1.82) is 0 Å². The summed E-state index contributed by atoms with van der Waals surface area (Å²) in [5.41, 5.74) is 14.7. The van der Waals surface area contributed by atoms with Gasteiger partial charge in [-0.25, -0.2) is 15.0 Å². The third-order valence-electron chi connectivity index (χ3n) is 11.5. The Morgan fingerprint density at radius 2 is 0.881 bits per heavy atom. The van der Waals surface area contributed by atoms with E-state index in [0.29, 0.717) is 5.95 Å². The number of para-hydroxylation sites is 3. The molecule has 276 valence electrons. The minimum atomic E-state index is 0.648. The van der Waals surface area contributed by atoms with Crippen molar-refractivity contribution in [1.82, 2.24) is 28.5 Å². The van der Waals surface area contributed by atoms with Gasteiger partial charge in [0.05, 0.1) is 44.7 Å². The topological polar surface area (TPSA) is 52.9 Å². The lowest BCUT2D eigenvalue weighted by molar-refractivity contribution is 1.01. The summed E-state index contributed by atoms with van der Waals surface area (Å²) in [6, 6.07) is 72.5. The Hall–Kier alpha value is -8.09. The molecule has 8 aromatic carbocycles. The highest BCUT2D eigenvalue weighted by Crippen LogP contribution is 2.40. The summed E-state index contributed by atoms with van der Waals surface area (Å²) in [7, 11) is 0. The summed E-state index contributed by atoms with van der Waals surface area (Å²) < 4.78 is 6.83. The van der Waals surface area contributed by atoms with Gasteiger partial charge in [-0.2, -0.15) is 0 Å². The largest absolute Gasteiger partial charge is 0.278 e. The molecule has 6 nitrogen and oxygen atoms in total. The second-order valence-electron chi connectivity index (χ2n) is 14.9. The van der Waals surface area contributed by atoms with E-state index in [4.69, 9.17) is 15.0 Å². The van der Waals surface area contributed by atoms with Crippen LogP contribution in [-0.2, 0) is 0 Å². The summed E-state index contributed by atoms with van der Waals surface area (Å²) >= 11 is 0. The molecule has 0 fully saturated rings. The van der Waals surface area contributed by atoms with Crippen LogP contribution in [0.1, 0.15) is 0 Å². The van der Waals surface area contributed by atoms with Crippen molar-refractivity contribution in [2.24, 2.45) is 0 Å². The average Bonchev–Trinajstić information content (AvgIpc) is 3.96. The van der Waals surface area contributed by atoms with E-state index in [1.54, 1.807) is 0 Å². The van der Waals surface area contributed by atoms with E-state index in [1.807, 2.05) is 12.1 Å². The van der Waals surface area contributed by atoms with Crippen molar-refractivity contribution in [2.45, 2.75) is 0 Å². The number of rotatable bonds is 6. The number of hydrogen-bond acceptors (Lipinski definition) is 3. The average molecular weight is 755 g/mol. The predicted octanol–water partition coefficient (Wildman–Crippen LogP) is 13.0. The lowest BCUT2D eigenvalue weighted by Gasteiger charge is -2.12. The Morgan fingerprint density at radius 1 is 0.322 bits per heavy atom. The molecule has 0 unspecified atom stereocenters. The maximum atomic E-state index is 5.44. The van der Waals surface area contributed by atoms with Crippen molar-refractivity contribution in [2.75, 3.05) is 0 Å². The van der Waals surface area contributed by atoms with Gasteiger partial charge in [-0.05, 0) is 59.7 Å². The smallest absolute Gasteiger partial charge is 0.235 e. The van der Waals surface area contributed by atoms with E-state index in [1.165, 1.54) is 0 Å². The zero-order valence-electron chi connectivity index (χ0n) is 31.8. The van der Waals surface area contributed by atoms with Crippen molar-refractivity contribution in [3.05, 3.63) is 206 Å². The summed E-state index contributed by atoms with van der Waals surface area (Å²) in [6.45, 7) is 0. The van der Waals surface area contributed by atoms with Crippen LogP contribution in [0.3, 0.4) is 0 Å². The Bertz CT molecular complexity index is 3530. The third kappa shape index (κ3) is 5.24. The van der Waals surface area contributed by atoms with Gasteiger partial charge in [0.1, 0.15) is 0 Å². The van der Waals surface area contributed by atoms with Gasteiger partial charge in [0.2, 0.25) is 11.7 Å². The molecular weight excluding hydrogens is 721 g/mol. The number of fused-ring (bicyclic) bond motifs is 7. The fraction of sp³-hybridized carbons (Fsp3) is 0. The number of benzene rings is 8. The molecule has 59 heavy (non-hydrogen) atoms. The van der Waals surface area contributed by atoms with E-state index in [9.17, 15) is 0 Å². The molecular formula is C53H34N6. The highest BCUT2D eigenvalue weighted by Gasteiger charge is 2.24. The fourth-order valence-corrected chi connectivity index (χ4v) is 8.81. The van der Waals surface area contributed by atoms with Gasteiger partial charge in [0, 0.05) is 38.5 Å². The first-order valence-corrected chi connectivity index (χ1v) is 19.9. The number of hydrogen-bond donors (Lipinski definition) is 0. The maximum absolute atomic E-state index is 5.44. The lowest BCUT2D eigenvalue weighted by Crippen LogP contribution is -2.03. The summed E-state index contributed by atoms with van der Waals surface area (Å²) in [4.78, 5) is 15.9. The molecule has 6 heteroatoms. The minimum Gasteiger partial charge on any atom is -0.278 e. The molecule has 0 aliphatic heterocycles. The first kappa shape index (κ1) is 33.1. The lowest BCUT2D eigenvalue weighted by atomic mass is 10.0. The second kappa shape index (κ2) is 13.3. The monoisotopic (exact) mass is 754 g/mol. The first-order valence-electron chi connectivity index (χ1n) is 19.9. The molecule has 0 N–H and O–H groups in total. The molecule has 0 saturated heterocycles. The highest BCUT2D eigenvalue weighted by atomic mass is 15.2. The van der Waals surface area contributed by atoms with Crippen LogP contribution in [0.15, 0.2) is 206 Å². The van der Waals surface area contributed by atoms with Crippen LogP contribution in [0.2, 0.25) is 0 Å². The van der Waals surface area contributed by atoms with Crippen molar-refractivity contribution < 1.29 is 0 Å². The Labute approximate surface area is 339 Å². The van der Waals surface area contributed by atoms with Gasteiger partial charge in [-0.1, -0.05) is 158 Å². The normalized spacial score (nSPS) is 11.7. The molecule has 0 aliphatic carbocycles. The molecule has 0 radical (unpaired) electrons. The first-order chi connectivity index (χ1) is 29.3. The van der Waals surface area contributed by atoms with Crippen LogP contribution in [0.25, 0.3) is 106 Å².